The second-order valence-electron chi connectivity index (χ2n) is 4.62. The Morgan fingerprint density at radius 3 is 2.13 bits per heavy atom. The normalized spacial score (nSPS) is 11.7. The van der Waals surface area contributed by atoms with Gasteiger partial charge in [-0.05, 0) is 15.9 Å². The Labute approximate surface area is 104 Å². The average Bonchev–Trinajstić information content (AvgIpc) is 2.06. The van der Waals surface area contributed by atoms with Crippen LogP contribution >= 0.6 is 27.5 Å². The number of aromatic nitrogens is 2. The number of hydrogen-bond acceptors (Lipinski definition) is 3. The molecule has 0 fully saturated rings. The van der Waals surface area contributed by atoms with Crippen LogP contribution < -0.4 is 4.90 Å². The first-order valence-electron chi connectivity index (χ1n) is 4.64. The van der Waals surface area contributed by atoms with Gasteiger partial charge in [0.05, 0.1) is 10.2 Å². The molecule has 1 aromatic heterocycles. The molecule has 0 unspecified atom stereocenters. The van der Waals surface area contributed by atoms with E-state index in [0.29, 0.717) is 11.1 Å². The van der Waals surface area contributed by atoms with Crippen molar-refractivity contribution >= 4 is 33.5 Å². The fourth-order valence-corrected chi connectivity index (χ4v) is 2.04. The van der Waals surface area contributed by atoms with E-state index < -0.39 is 0 Å². The Bertz CT molecular complexity index is 372. The highest BCUT2D eigenvalue weighted by Crippen LogP contribution is 2.33. The molecule has 0 saturated heterocycles. The van der Waals surface area contributed by atoms with Crippen molar-refractivity contribution in [3.8, 4) is 0 Å². The molecule has 0 amide bonds. The maximum Gasteiger partial charge on any atom is 0.226 e. The first-order valence-corrected chi connectivity index (χ1v) is 5.81. The molecule has 0 aliphatic heterocycles. The minimum Gasteiger partial charge on any atom is -0.347 e. The van der Waals surface area contributed by atoms with Crippen LogP contribution in [0, 0.1) is 0 Å². The predicted molar refractivity (Wildman–Crippen MR) is 67.8 cm³/mol. The molecule has 0 radical (unpaired) electrons. The van der Waals surface area contributed by atoms with Crippen LogP contribution in [0.2, 0.25) is 5.15 Å². The summed E-state index contributed by atoms with van der Waals surface area (Å²) in [5.41, 5.74) is 0.863. The number of anilines is 1. The van der Waals surface area contributed by atoms with E-state index in [-0.39, 0.29) is 5.41 Å². The molecule has 3 nitrogen and oxygen atoms in total. The summed E-state index contributed by atoms with van der Waals surface area (Å²) in [7, 11) is 3.79. The zero-order valence-electron chi connectivity index (χ0n) is 9.60. The lowest BCUT2D eigenvalue weighted by molar-refractivity contribution is 0.563. The second-order valence-corrected chi connectivity index (χ2v) is 5.77. The Morgan fingerprint density at radius 2 is 1.73 bits per heavy atom. The molecule has 0 N–H and O–H groups in total. The van der Waals surface area contributed by atoms with E-state index in [0.717, 1.165) is 10.2 Å². The van der Waals surface area contributed by atoms with Gasteiger partial charge < -0.3 is 4.90 Å². The Balaban J connectivity index is 3.38. The average molecular weight is 293 g/mol. The minimum absolute atomic E-state index is 0.0594. The van der Waals surface area contributed by atoms with Crippen LogP contribution in [-0.2, 0) is 5.41 Å². The highest BCUT2D eigenvalue weighted by atomic mass is 79.9. The number of rotatable bonds is 1. The topological polar surface area (TPSA) is 29.0 Å². The number of halogens is 2. The van der Waals surface area contributed by atoms with Crippen LogP contribution in [0.5, 0.6) is 0 Å². The molecule has 0 saturated carbocycles. The Kier molecular flexibility index (Phi) is 3.61. The molecule has 0 atom stereocenters. The van der Waals surface area contributed by atoms with E-state index in [9.17, 15) is 0 Å². The molecule has 0 spiro atoms. The van der Waals surface area contributed by atoms with Crippen molar-refractivity contribution in [1.29, 1.82) is 0 Å². The predicted octanol–water partition coefficient (Wildman–Crippen LogP) is 3.26. The monoisotopic (exact) mass is 291 g/mol. The lowest BCUT2D eigenvalue weighted by Gasteiger charge is -2.22. The second kappa shape index (κ2) is 4.26. The number of nitrogens with zero attached hydrogens (tertiary/aromatic N) is 3. The van der Waals surface area contributed by atoms with Gasteiger partial charge in [0, 0.05) is 19.5 Å². The van der Waals surface area contributed by atoms with Crippen molar-refractivity contribution in [1.82, 2.24) is 9.97 Å². The van der Waals surface area contributed by atoms with Crippen LogP contribution in [0.25, 0.3) is 0 Å². The first kappa shape index (κ1) is 12.7. The van der Waals surface area contributed by atoms with Crippen molar-refractivity contribution in [2.75, 3.05) is 19.0 Å². The highest BCUT2D eigenvalue weighted by Gasteiger charge is 2.22. The van der Waals surface area contributed by atoms with Gasteiger partial charge in [-0.2, -0.15) is 4.98 Å². The van der Waals surface area contributed by atoms with Crippen molar-refractivity contribution < 1.29 is 0 Å². The van der Waals surface area contributed by atoms with E-state index in [1.807, 2.05) is 19.0 Å². The molecular formula is C10H15BrClN3. The van der Waals surface area contributed by atoms with Gasteiger partial charge in [-0.3, -0.25) is 0 Å². The summed E-state index contributed by atoms with van der Waals surface area (Å²) in [6.07, 6.45) is 0. The van der Waals surface area contributed by atoms with Crippen LogP contribution in [0.3, 0.4) is 0 Å². The van der Waals surface area contributed by atoms with E-state index >= 15 is 0 Å². The van der Waals surface area contributed by atoms with Gasteiger partial charge >= 0.3 is 0 Å². The molecule has 1 rings (SSSR count). The molecule has 0 aromatic carbocycles. The quantitative estimate of drug-likeness (QED) is 0.744. The van der Waals surface area contributed by atoms with Crippen LogP contribution in [0.4, 0.5) is 5.95 Å². The first-order chi connectivity index (χ1) is 6.73. The van der Waals surface area contributed by atoms with Gasteiger partial charge in [-0.1, -0.05) is 32.4 Å². The molecule has 84 valence electrons. The molecule has 0 aliphatic carbocycles. The molecule has 15 heavy (non-hydrogen) atoms. The van der Waals surface area contributed by atoms with Gasteiger partial charge in [0.15, 0.2) is 0 Å². The van der Waals surface area contributed by atoms with Crippen molar-refractivity contribution in [3.05, 3.63) is 15.3 Å². The van der Waals surface area contributed by atoms with Gasteiger partial charge in [0.2, 0.25) is 5.95 Å². The third kappa shape index (κ3) is 2.82. The Morgan fingerprint density at radius 1 is 1.20 bits per heavy atom. The molecule has 0 aliphatic rings. The van der Waals surface area contributed by atoms with Crippen molar-refractivity contribution in [2.24, 2.45) is 0 Å². The summed E-state index contributed by atoms with van der Waals surface area (Å²) in [5, 5.41) is 0.457. The fraction of sp³-hybridized carbons (Fsp3) is 0.600. The van der Waals surface area contributed by atoms with Crippen molar-refractivity contribution in [2.45, 2.75) is 26.2 Å². The van der Waals surface area contributed by atoms with Gasteiger partial charge in [0.1, 0.15) is 5.15 Å². The van der Waals surface area contributed by atoms with Crippen LogP contribution in [0.1, 0.15) is 26.5 Å². The van der Waals surface area contributed by atoms with E-state index in [1.54, 1.807) is 0 Å². The SMILES string of the molecule is CN(C)c1nc(Cl)c(Br)c(C(C)(C)C)n1. The zero-order chi connectivity index (χ0) is 11.8. The zero-order valence-corrected chi connectivity index (χ0v) is 11.9. The van der Waals surface area contributed by atoms with Crippen molar-refractivity contribution in [3.63, 3.8) is 0 Å². The van der Waals surface area contributed by atoms with Crippen LogP contribution in [-0.4, -0.2) is 24.1 Å². The fourth-order valence-electron chi connectivity index (χ4n) is 1.11. The van der Waals surface area contributed by atoms with E-state index in [4.69, 9.17) is 11.6 Å². The molecule has 5 heteroatoms. The lowest BCUT2D eigenvalue weighted by Crippen LogP contribution is -2.20. The van der Waals surface area contributed by atoms with Gasteiger partial charge in [0.25, 0.3) is 0 Å². The third-order valence-corrected chi connectivity index (χ3v) is 3.16. The van der Waals surface area contributed by atoms with E-state index in [1.165, 1.54) is 0 Å². The molecule has 0 bridgehead atoms. The summed E-state index contributed by atoms with van der Waals surface area (Å²) in [6.45, 7) is 6.28. The molecular weight excluding hydrogens is 277 g/mol. The highest BCUT2D eigenvalue weighted by molar-refractivity contribution is 9.10. The van der Waals surface area contributed by atoms with Gasteiger partial charge in [-0.15, -0.1) is 0 Å². The Hall–Kier alpha value is -0.350. The lowest BCUT2D eigenvalue weighted by atomic mass is 9.92. The molecule has 1 aromatic rings. The van der Waals surface area contributed by atoms with Crippen LogP contribution in [0.15, 0.2) is 4.47 Å². The summed E-state index contributed by atoms with van der Waals surface area (Å²) in [6, 6.07) is 0. The molecule has 1 heterocycles. The maximum absolute atomic E-state index is 6.04. The smallest absolute Gasteiger partial charge is 0.226 e. The standard InChI is InChI=1S/C10H15BrClN3/c1-10(2,3)7-6(11)8(12)14-9(13-7)15(4)5/h1-5H3. The summed E-state index contributed by atoms with van der Waals surface area (Å²) >= 11 is 9.47. The van der Waals surface area contributed by atoms with E-state index in [2.05, 4.69) is 46.7 Å². The largest absolute Gasteiger partial charge is 0.347 e. The number of hydrogen-bond donors (Lipinski definition) is 0. The third-order valence-electron chi connectivity index (χ3n) is 1.91. The summed E-state index contributed by atoms with van der Waals surface area (Å²) in [5.74, 6) is 0.633. The summed E-state index contributed by atoms with van der Waals surface area (Å²) in [4.78, 5) is 10.5. The minimum atomic E-state index is -0.0594. The summed E-state index contributed by atoms with van der Waals surface area (Å²) < 4.78 is 0.780. The van der Waals surface area contributed by atoms with Gasteiger partial charge in [-0.25, -0.2) is 4.98 Å². The maximum atomic E-state index is 6.04.